The molecule has 2 aliphatic rings. The molecule has 148 valence electrons. The minimum atomic E-state index is -0.847. The van der Waals surface area contributed by atoms with Crippen molar-refractivity contribution in [2.45, 2.75) is 43.0 Å². The number of carboxylic acid groups (broad SMARTS) is 1. The number of nitrogens with zero attached hydrogens (tertiary/aromatic N) is 3. The van der Waals surface area contributed by atoms with Gasteiger partial charge < -0.3 is 14.7 Å². The molecule has 1 N–H and O–H groups in total. The Morgan fingerprint density at radius 1 is 1.45 bits per heavy atom. The Labute approximate surface area is 199 Å². The van der Waals surface area contributed by atoms with Crippen molar-refractivity contribution in [3.63, 3.8) is 0 Å². The summed E-state index contributed by atoms with van der Waals surface area (Å²) in [4.78, 5) is 17.9. The van der Waals surface area contributed by atoms with E-state index in [1.807, 2.05) is 24.8 Å². The first kappa shape index (κ1) is 22.7. The summed E-state index contributed by atoms with van der Waals surface area (Å²) in [5.41, 5.74) is 1.27. The number of halogens is 1. The predicted molar refractivity (Wildman–Crippen MR) is 106 cm³/mol. The summed E-state index contributed by atoms with van der Waals surface area (Å²) in [6.45, 7) is 5.92. The van der Waals surface area contributed by atoms with Gasteiger partial charge in [-0.05, 0) is 32.7 Å². The van der Waals surface area contributed by atoms with E-state index in [9.17, 15) is 15.0 Å². The van der Waals surface area contributed by atoms with Crippen molar-refractivity contribution in [1.29, 1.82) is 0 Å². The van der Waals surface area contributed by atoms with Crippen LogP contribution in [-0.4, -0.2) is 55.8 Å². The Kier molecular flexibility index (Phi) is 6.44. The van der Waals surface area contributed by atoms with Crippen molar-refractivity contribution in [3.8, 4) is 11.3 Å². The van der Waals surface area contributed by atoms with Crippen LogP contribution in [0.3, 0.4) is 0 Å². The van der Waals surface area contributed by atoms with Crippen LogP contribution in [0.5, 0.6) is 0 Å². The van der Waals surface area contributed by atoms with E-state index in [2.05, 4.69) is 10.1 Å². The van der Waals surface area contributed by atoms with E-state index >= 15 is 0 Å². The van der Waals surface area contributed by atoms with Crippen molar-refractivity contribution in [2.24, 2.45) is 4.99 Å². The van der Waals surface area contributed by atoms with Gasteiger partial charge in [0, 0.05) is 16.9 Å². The summed E-state index contributed by atoms with van der Waals surface area (Å²) < 4.78 is 4.80. The number of hydrogen-bond donors (Lipinski definition) is 1. The fourth-order valence-corrected chi connectivity index (χ4v) is 5.75. The number of benzene rings is 1. The van der Waals surface area contributed by atoms with Gasteiger partial charge in [0.15, 0.2) is 0 Å². The number of aliphatic imine (C=N–C) groups is 1. The summed E-state index contributed by atoms with van der Waals surface area (Å²) in [6, 6.07) is 6.25. The number of aromatic nitrogens is 1. The first-order chi connectivity index (χ1) is 13.2. The molecule has 1 aromatic carbocycles. The first-order valence-corrected chi connectivity index (χ1v) is 10.1. The maximum absolute atomic E-state index is 12.9. The molecule has 10 heteroatoms. The third-order valence-electron chi connectivity index (χ3n) is 5.19. The number of rotatable bonds is 4. The smallest absolute Gasteiger partial charge is 0.858 e. The van der Waals surface area contributed by atoms with Gasteiger partial charge in [-0.2, -0.15) is 0 Å². The number of thioether (sulfide) groups is 1. The summed E-state index contributed by atoms with van der Waals surface area (Å²) in [5.74, 6) is -0.890. The molecule has 2 aliphatic heterocycles. The summed E-state index contributed by atoms with van der Waals surface area (Å²) in [5, 5.41) is 26.8. The fourth-order valence-electron chi connectivity index (χ4n) is 3.89. The molecule has 3 atom stereocenters. The number of fused-ring (bicyclic) bond motifs is 1. The number of aryl methyl sites for hydroxylation is 1. The maximum atomic E-state index is 12.9. The summed E-state index contributed by atoms with van der Waals surface area (Å²) >= 11 is 7.80. The SMILES string of the molecule is Cc1onc(-c2ccccc2Cl)c1C([O-])=NC1CN2C1SC(C)(C)C2C(=O)O.[Na+]. The molecule has 0 saturated carbocycles. The molecule has 0 aliphatic carbocycles. The Balaban J connectivity index is 0.00000240. The van der Waals surface area contributed by atoms with Crippen LogP contribution in [0.1, 0.15) is 25.2 Å². The minimum Gasteiger partial charge on any atom is -0.858 e. The Morgan fingerprint density at radius 2 is 2.14 bits per heavy atom. The first-order valence-electron chi connectivity index (χ1n) is 8.83. The van der Waals surface area contributed by atoms with Crippen LogP contribution in [0.2, 0.25) is 5.02 Å². The summed E-state index contributed by atoms with van der Waals surface area (Å²) in [7, 11) is 0. The Bertz CT molecular complexity index is 980. The van der Waals surface area contributed by atoms with Gasteiger partial charge in [-0.25, -0.2) is 0 Å². The zero-order valence-corrected chi connectivity index (χ0v) is 20.1. The molecule has 2 aromatic rings. The quantitative estimate of drug-likeness (QED) is 0.382. The van der Waals surface area contributed by atoms with E-state index in [4.69, 9.17) is 16.1 Å². The molecule has 0 radical (unpaired) electrons. The zero-order valence-electron chi connectivity index (χ0n) is 16.5. The monoisotopic (exact) mass is 443 g/mol. The Morgan fingerprint density at radius 3 is 2.79 bits per heavy atom. The Hall–Kier alpha value is -1.03. The van der Waals surface area contributed by atoms with Gasteiger partial charge in [0.05, 0.1) is 22.0 Å². The van der Waals surface area contributed by atoms with Gasteiger partial charge >= 0.3 is 35.5 Å². The minimum absolute atomic E-state index is 0. The molecule has 29 heavy (non-hydrogen) atoms. The number of carbonyl (C=O) groups is 1. The average Bonchev–Trinajstić information content (AvgIpc) is 3.09. The van der Waals surface area contributed by atoms with E-state index in [1.165, 1.54) is 0 Å². The molecule has 4 rings (SSSR count). The van der Waals surface area contributed by atoms with Gasteiger partial charge in [-0.1, -0.05) is 35.0 Å². The van der Waals surface area contributed by atoms with E-state index < -0.39 is 22.7 Å². The number of carboxylic acids is 1. The van der Waals surface area contributed by atoms with Crippen LogP contribution in [0.25, 0.3) is 11.3 Å². The molecule has 2 fully saturated rings. The van der Waals surface area contributed by atoms with Crippen LogP contribution >= 0.6 is 23.4 Å². The number of hydrogen-bond acceptors (Lipinski definition) is 7. The molecule has 1 aromatic heterocycles. The van der Waals surface area contributed by atoms with Crippen molar-refractivity contribution < 1.29 is 49.1 Å². The standard InChI is InChI=1S/C19H20ClN3O4S.Na/c1-9-13(14(22-27-9)10-6-4-5-7-11(10)20)16(24)21-12-8-23-15(18(25)26)19(2,3)28-17(12)23;/h4-7,12,15,17H,8H2,1-3H3,(H,21,24)(H,25,26);/q;+1/p-1. The second kappa shape index (κ2) is 8.24. The molecular weight excluding hydrogens is 425 g/mol. The van der Waals surface area contributed by atoms with Gasteiger partial charge in [0.25, 0.3) is 0 Å². The predicted octanol–water partition coefficient (Wildman–Crippen LogP) is -0.597. The van der Waals surface area contributed by atoms with E-state index in [0.717, 1.165) is 0 Å². The maximum Gasteiger partial charge on any atom is 1.00 e. The number of aliphatic carboxylic acids is 1. The van der Waals surface area contributed by atoms with Crippen molar-refractivity contribution in [3.05, 3.63) is 40.6 Å². The molecule has 0 spiro atoms. The molecule has 3 heterocycles. The largest absolute Gasteiger partial charge is 1.00 e. The molecular formula is C19H19ClN3NaO4S. The van der Waals surface area contributed by atoms with E-state index in [0.29, 0.717) is 34.1 Å². The average molecular weight is 444 g/mol. The summed E-state index contributed by atoms with van der Waals surface area (Å²) in [6.07, 6.45) is 0. The molecule has 0 amide bonds. The molecule has 0 bridgehead atoms. The van der Waals surface area contributed by atoms with Crippen molar-refractivity contribution in [1.82, 2.24) is 10.1 Å². The van der Waals surface area contributed by atoms with Gasteiger partial charge in [-0.15, -0.1) is 11.8 Å². The second-order valence-corrected chi connectivity index (χ2v) is 9.67. The topological polar surface area (TPSA) is 102 Å². The van der Waals surface area contributed by atoms with Gasteiger partial charge in [0.1, 0.15) is 17.5 Å². The van der Waals surface area contributed by atoms with Crippen LogP contribution in [-0.2, 0) is 4.79 Å². The molecule has 7 nitrogen and oxygen atoms in total. The third-order valence-corrected chi connectivity index (χ3v) is 7.18. The van der Waals surface area contributed by atoms with Gasteiger partial charge in [-0.3, -0.25) is 14.7 Å². The zero-order chi connectivity index (χ0) is 20.2. The van der Waals surface area contributed by atoms with Crippen LogP contribution in [0, 0.1) is 6.92 Å². The van der Waals surface area contributed by atoms with Crippen LogP contribution in [0.4, 0.5) is 0 Å². The van der Waals surface area contributed by atoms with E-state index in [1.54, 1.807) is 36.9 Å². The second-order valence-electron chi connectivity index (χ2n) is 7.49. The molecule has 3 unspecified atom stereocenters. The normalized spacial score (nSPS) is 25.8. The van der Waals surface area contributed by atoms with Gasteiger partial charge in [0.2, 0.25) is 0 Å². The van der Waals surface area contributed by atoms with Crippen molar-refractivity contribution in [2.75, 3.05) is 6.54 Å². The van der Waals surface area contributed by atoms with E-state index in [-0.39, 0.29) is 41.0 Å². The fraction of sp³-hybridized carbons (Fsp3) is 0.421. The van der Waals surface area contributed by atoms with Crippen LogP contribution < -0.4 is 34.7 Å². The van der Waals surface area contributed by atoms with Crippen molar-refractivity contribution >= 4 is 35.2 Å². The molecule has 2 saturated heterocycles. The third kappa shape index (κ3) is 3.86. The van der Waals surface area contributed by atoms with Crippen LogP contribution in [0.15, 0.2) is 33.8 Å².